The maximum atomic E-state index is 12.2. The lowest BCUT2D eigenvalue weighted by Gasteiger charge is -2.26. The van der Waals surface area contributed by atoms with Crippen LogP contribution in [0.1, 0.15) is 12.0 Å². The smallest absolute Gasteiger partial charge is 0.239 e. The zero-order chi connectivity index (χ0) is 14.8. The third kappa shape index (κ3) is 2.91. The van der Waals surface area contributed by atoms with Gasteiger partial charge in [-0.25, -0.2) is 0 Å². The number of aromatic nitrogens is 1. The molecule has 1 saturated heterocycles. The van der Waals surface area contributed by atoms with Crippen LogP contribution in [0.15, 0.2) is 30.5 Å². The molecular formula is C16H19N3O2. The van der Waals surface area contributed by atoms with Gasteiger partial charge in [0.05, 0.1) is 6.54 Å². The molecular weight excluding hydrogens is 266 g/mol. The summed E-state index contributed by atoms with van der Waals surface area (Å²) in [5.74, 6) is -0.0321. The van der Waals surface area contributed by atoms with Crippen molar-refractivity contribution in [1.29, 1.82) is 0 Å². The highest BCUT2D eigenvalue weighted by Crippen LogP contribution is 2.17. The number of rotatable bonds is 3. The molecule has 0 unspecified atom stereocenters. The van der Waals surface area contributed by atoms with E-state index in [2.05, 4.69) is 41.1 Å². The molecule has 2 heterocycles. The molecule has 0 bridgehead atoms. The summed E-state index contributed by atoms with van der Waals surface area (Å²) in [4.78, 5) is 25.1. The van der Waals surface area contributed by atoms with Crippen molar-refractivity contribution in [3.05, 3.63) is 36.0 Å². The Labute approximate surface area is 123 Å². The Balaban J connectivity index is 1.66. The van der Waals surface area contributed by atoms with E-state index in [1.165, 1.54) is 10.9 Å². The van der Waals surface area contributed by atoms with E-state index in [1.54, 1.807) is 4.90 Å². The lowest BCUT2D eigenvalue weighted by atomic mass is 10.2. The van der Waals surface area contributed by atoms with E-state index in [1.807, 2.05) is 6.20 Å². The fraction of sp³-hybridized carbons (Fsp3) is 0.375. The average Bonchev–Trinajstić information content (AvgIpc) is 2.87. The molecule has 21 heavy (non-hydrogen) atoms. The molecule has 2 amide bonds. The van der Waals surface area contributed by atoms with Crippen molar-refractivity contribution in [1.82, 2.24) is 14.8 Å². The molecule has 2 aromatic rings. The quantitative estimate of drug-likeness (QED) is 0.924. The minimum absolute atomic E-state index is 0.0406. The van der Waals surface area contributed by atoms with Crippen LogP contribution in [0.3, 0.4) is 0 Å². The summed E-state index contributed by atoms with van der Waals surface area (Å²) in [5, 5.41) is 3.92. The summed E-state index contributed by atoms with van der Waals surface area (Å²) in [5.41, 5.74) is 2.38. The van der Waals surface area contributed by atoms with Crippen molar-refractivity contribution < 1.29 is 9.59 Å². The predicted octanol–water partition coefficient (Wildman–Crippen LogP) is 1.30. The fourth-order valence-corrected chi connectivity index (χ4v) is 2.74. The topological polar surface area (TPSA) is 54.3 Å². The zero-order valence-electron chi connectivity index (χ0n) is 12.1. The Hall–Kier alpha value is -2.30. The summed E-state index contributed by atoms with van der Waals surface area (Å²) in [6.07, 6.45) is 2.44. The van der Waals surface area contributed by atoms with Gasteiger partial charge in [-0.15, -0.1) is 0 Å². The lowest BCUT2D eigenvalue weighted by molar-refractivity contribution is -0.138. The highest BCUT2D eigenvalue weighted by molar-refractivity contribution is 5.86. The number of aryl methyl sites for hydroxylation is 2. The number of benzene rings is 1. The average molecular weight is 285 g/mol. The molecule has 1 N–H and O–H groups in total. The van der Waals surface area contributed by atoms with Crippen LogP contribution in [-0.4, -0.2) is 40.9 Å². The normalized spacial score (nSPS) is 15.3. The number of amides is 2. The van der Waals surface area contributed by atoms with Crippen molar-refractivity contribution in [2.24, 2.45) is 0 Å². The Kier molecular flexibility index (Phi) is 3.64. The first-order chi connectivity index (χ1) is 10.1. The SMILES string of the molecule is Cc1ccc2c(ccn2CCC(=O)N2CCNC(=O)C2)c1. The van der Waals surface area contributed by atoms with Crippen LogP contribution in [0.4, 0.5) is 0 Å². The van der Waals surface area contributed by atoms with E-state index in [0.29, 0.717) is 26.1 Å². The van der Waals surface area contributed by atoms with Crippen molar-refractivity contribution in [2.45, 2.75) is 19.9 Å². The second-order valence-electron chi connectivity index (χ2n) is 5.49. The van der Waals surface area contributed by atoms with E-state index in [-0.39, 0.29) is 18.4 Å². The van der Waals surface area contributed by atoms with E-state index in [0.717, 1.165) is 5.52 Å². The van der Waals surface area contributed by atoms with Gasteiger partial charge in [0, 0.05) is 37.8 Å². The van der Waals surface area contributed by atoms with Gasteiger partial charge in [0.25, 0.3) is 0 Å². The first kappa shape index (κ1) is 13.7. The molecule has 1 aliphatic heterocycles. The van der Waals surface area contributed by atoms with Gasteiger partial charge in [-0.3, -0.25) is 9.59 Å². The number of piperazine rings is 1. The summed E-state index contributed by atoms with van der Waals surface area (Å²) in [6.45, 7) is 4.06. The molecule has 0 aliphatic carbocycles. The Morgan fingerprint density at radius 3 is 3.00 bits per heavy atom. The molecule has 1 aromatic heterocycles. The van der Waals surface area contributed by atoms with Gasteiger partial charge >= 0.3 is 0 Å². The van der Waals surface area contributed by atoms with Crippen molar-refractivity contribution in [3.63, 3.8) is 0 Å². The maximum absolute atomic E-state index is 12.2. The van der Waals surface area contributed by atoms with Crippen LogP contribution in [0.25, 0.3) is 10.9 Å². The van der Waals surface area contributed by atoms with E-state index in [9.17, 15) is 9.59 Å². The Morgan fingerprint density at radius 2 is 2.19 bits per heavy atom. The molecule has 5 nitrogen and oxygen atoms in total. The minimum atomic E-state index is -0.0727. The fourth-order valence-electron chi connectivity index (χ4n) is 2.74. The molecule has 3 rings (SSSR count). The summed E-state index contributed by atoms with van der Waals surface area (Å²) in [6, 6.07) is 8.38. The molecule has 0 atom stereocenters. The molecule has 0 spiro atoms. The molecule has 1 aromatic carbocycles. The monoisotopic (exact) mass is 285 g/mol. The third-order valence-electron chi connectivity index (χ3n) is 3.88. The molecule has 110 valence electrons. The molecule has 0 radical (unpaired) electrons. The Morgan fingerprint density at radius 1 is 1.33 bits per heavy atom. The number of fused-ring (bicyclic) bond motifs is 1. The standard InChI is InChI=1S/C16H19N3O2/c1-12-2-3-14-13(10-12)4-7-18(14)8-5-16(21)19-9-6-17-15(20)11-19/h2-4,7,10H,5-6,8-9,11H2,1H3,(H,17,20). The van der Waals surface area contributed by atoms with Crippen LogP contribution in [0, 0.1) is 6.92 Å². The number of hydrogen-bond donors (Lipinski definition) is 1. The van der Waals surface area contributed by atoms with Crippen molar-refractivity contribution in [3.8, 4) is 0 Å². The van der Waals surface area contributed by atoms with Gasteiger partial charge in [-0.1, -0.05) is 11.6 Å². The third-order valence-corrected chi connectivity index (χ3v) is 3.88. The second-order valence-corrected chi connectivity index (χ2v) is 5.49. The van der Waals surface area contributed by atoms with E-state index >= 15 is 0 Å². The number of carbonyl (C=O) groups excluding carboxylic acids is 2. The summed E-state index contributed by atoms with van der Waals surface area (Å²) >= 11 is 0. The molecule has 0 saturated carbocycles. The highest BCUT2D eigenvalue weighted by Gasteiger charge is 2.20. The first-order valence-corrected chi connectivity index (χ1v) is 7.23. The minimum Gasteiger partial charge on any atom is -0.353 e. The van der Waals surface area contributed by atoms with Gasteiger partial charge in [-0.05, 0) is 30.5 Å². The van der Waals surface area contributed by atoms with E-state index in [4.69, 9.17) is 0 Å². The first-order valence-electron chi connectivity index (χ1n) is 7.23. The Bertz CT molecular complexity index is 690. The maximum Gasteiger partial charge on any atom is 0.239 e. The molecule has 5 heteroatoms. The highest BCUT2D eigenvalue weighted by atomic mass is 16.2. The van der Waals surface area contributed by atoms with Gasteiger partial charge < -0.3 is 14.8 Å². The van der Waals surface area contributed by atoms with Gasteiger partial charge in [0.15, 0.2) is 0 Å². The second kappa shape index (κ2) is 5.60. The molecule has 1 aliphatic rings. The number of hydrogen-bond acceptors (Lipinski definition) is 2. The van der Waals surface area contributed by atoms with Crippen molar-refractivity contribution >= 4 is 22.7 Å². The summed E-state index contributed by atoms with van der Waals surface area (Å²) in [7, 11) is 0. The number of nitrogens with one attached hydrogen (secondary N) is 1. The van der Waals surface area contributed by atoms with Gasteiger partial charge in [0.1, 0.15) is 0 Å². The molecule has 1 fully saturated rings. The van der Waals surface area contributed by atoms with Crippen LogP contribution in [0.2, 0.25) is 0 Å². The van der Waals surface area contributed by atoms with Crippen LogP contribution in [0.5, 0.6) is 0 Å². The van der Waals surface area contributed by atoms with Crippen LogP contribution < -0.4 is 5.32 Å². The predicted molar refractivity (Wildman–Crippen MR) is 80.9 cm³/mol. The van der Waals surface area contributed by atoms with Crippen LogP contribution in [-0.2, 0) is 16.1 Å². The number of carbonyl (C=O) groups is 2. The van der Waals surface area contributed by atoms with Gasteiger partial charge in [0.2, 0.25) is 11.8 Å². The largest absolute Gasteiger partial charge is 0.353 e. The summed E-state index contributed by atoms with van der Waals surface area (Å²) < 4.78 is 2.09. The van der Waals surface area contributed by atoms with Crippen molar-refractivity contribution in [2.75, 3.05) is 19.6 Å². The van der Waals surface area contributed by atoms with Gasteiger partial charge in [-0.2, -0.15) is 0 Å². The van der Waals surface area contributed by atoms with E-state index < -0.39 is 0 Å². The number of nitrogens with zero attached hydrogens (tertiary/aromatic N) is 2. The zero-order valence-corrected chi connectivity index (χ0v) is 12.1. The van der Waals surface area contributed by atoms with Crippen LogP contribution >= 0.6 is 0 Å². The lowest BCUT2D eigenvalue weighted by Crippen LogP contribution is -2.50.